The lowest BCUT2D eigenvalue weighted by atomic mass is 10.2. The molecule has 0 spiro atoms. The summed E-state index contributed by atoms with van der Waals surface area (Å²) in [4.78, 5) is 23.3. The summed E-state index contributed by atoms with van der Waals surface area (Å²) in [6.07, 6.45) is 0. The van der Waals surface area contributed by atoms with Crippen LogP contribution in [0.1, 0.15) is 5.56 Å². The van der Waals surface area contributed by atoms with Gasteiger partial charge in [0, 0.05) is 11.4 Å². The fourth-order valence-corrected chi connectivity index (χ4v) is 1.54. The van der Waals surface area contributed by atoms with Crippen molar-refractivity contribution >= 4 is 23.2 Å². The SMILES string of the molecule is N#Cc1ccc(NC(=O)C(=O)Nc2ccc(F)cc2)cc1. The van der Waals surface area contributed by atoms with E-state index in [9.17, 15) is 14.0 Å². The molecule has 6 heteroatoms. The molecule has 0 heterocycles. The number of nitrogens with one attached hydrogen (secondary N) is 2. The number of hydrogen-bond donors (Lipinski definition) is 2. The van der Waals surface area contributed by atoms with E-state index in [0.29, 0.717) is 16.9 Å². The number of nitrogens with zero attached hydrogens (tertiary/aromatic N) is 1. The Bertz CT molecular complexity index is 703. The molecule has 2 N–H and O–H groups in total. The van der Waals surface area contributed by atoms with E-state index in [4.69, 9.17) is 5.26 Å². The van der Waals surface area contributed by atoms with E-state index in [1.165, 1.54) is 48.5 Å². The minimum Gasteiger partial charge on any atom is -0.318 e. The molecule has 0 aliphatic carbocycles. The third-order valence-electron chi connectivity index (χ3n) is 2.58. The van der Waals surface area contributed by atoms with Crippen LogP contribution in [0.2, 0.25) is 0 Å². The van der Waals surface area contributed by atoms with Gasteiger partial charge in [0.15, 0.2) is 0 Å². The molecule has 104 valence electrons. The number of nitriles is 1. The van der Waals surface area contributed by atoms with Crippen molar-refractivity contribution in [2.45, 2.75) is 0 Å². The smallest absolute Gasteiger partial charge is 0.314 e. The summed E-state index contributed by atoms with van der Waals surface area (Å²) in [7, 11) is 0. The Morgan fingerprint density at radius 1 is 0.857 bits per heavy atom. The fraction of sp³-hybridized carbons (Fsp3) is 0. The zero-order valence-electron chi connectivity index (χ0n) is 10.8. The van der Waals surface area contributed by atoms with Crippen LogP contribution in [0.5, 0.6) is 0 Å². The van der Waals surface area contributed by atoms with Gasteiger partial charge in [0.25, 0.3) is 0 Å². The highest BCUT2D eigenvalue weighted by molar-refractivity contribution is 6.43. The number of carbonyl (C=O) groups excluding carboxylic acids is 2. The molecule has 0 bridgehead atoms. The Hall–Kier alpha value is -3.20. The minimum absolute atomic E-state index is 0.316. The van der Waals surface area contributed by atoms with Gasteiger partial charge in [-0.05, 0) is 48.5 Å². The van der Waals surface area contributed by atoms with Crippen LogP contribution in [-0.2, 0) is 9.59 Å². The molecule has 0 atom stereocenters. The van der Waals surface area contributed by atoms with Crippen molar-refractivity contribution in [1.82, 2.24) is 0 Å². The predicted octanol–water partition coefficient (Wildman–Crippen LogP) is 2.27. The maximum atomic E-state index is 12.7. The third-order valence-corrected chi connectivity index (χ3v) is 2.58. The number of hydrogen-bond acceptors (Lipinski definition) is 3. The molecule has 0 aliphatic rings. The van der Waals surface area contributed by atoms with Gasteiger partial charge in [-0.3, -0.25) is 9.59 Å². The Morgan fingerprint density at radius 2 is 1.29 bits per heavy atom. The topological polar surface area (TPSA) is 82.0 Å². The maximum Gasteiger partial charge on any atom is 0.314 e. The van der Waals surface area contributed by atoms with Crippen LogP contribution in [0.4, 0.5) is 15.8 Å². The van der Waals surface area contributed by atoms with Crippen molar-refractivity contribution in [3.8, 4) is 6.07 Å². The van der Waals surface area contributed by atoms with Gasteiger partial charge < -0.3 is 10.6 Å². The van der Waals surface area contributed by atoms with Crippen molar-refractivity contribution in [2.24, 2.45) is 0 Å². The highest BCUT2D eigenvalue weighted by atomic mass is 19.1. The van der Waals surface area contributed by atoms with Crippen LogP contribution in [0.3, 0.4) is 0 Å². The lowest BCUT2D eigenvalue weighted by Gasteiger charge is -2.06. The average molecular weight is 283 g/mol. The zero-order valence-corrected chi connectivity index (χ0v) is 10.8. The Kier molecular flexibility index (Phi) is 4.26. The first-order chi connectivity index (χ1) is 10.1. The Balaban J connectivity index is 1.97. The zero-order chi connectivity index (χ0) is 15.2. The number of halogens is 1. The summed E-state index contributed by atoms with van der Waals surface area (Å²) < 4.78 is 12.7. The molecule has 0 saturated carbocycles. The molecule has 0 unspecified atom stereocenters. The lowest BCUT2D eigenvalue weighted by molar-refractivity contribution is -0.132. The van der Waals surface area contributed by atoms with E-state index < -0.39 is 17.6 Å². The second-order valence-corrected chi connectivity index (χ2v) is 4.10. The van der Waals surface area contributed by atoms with Crippen LogP contribution < -0.4 is 10.6 Å². The van der Waals surface area contributed by atoms with Crippen molar-refractivity contribution < 1.29 is 14.0 Å². The largest absolute Gasteiger partial charge is 0.318 e. The molecular weight excluding hydrogens is 273 g/mol. The first-order valence-electron chi connectivity index (χ1n) is 5.96. The Morgan fingerprint density at radius 3 is 1.71 bits per heavy atom. The molecule has 2 rings (SSSR count). The molecule has 0 fully saturated rings. The van der Waals surface area contributed by atoms with Crippen LogP contribution in [0.15, 0.2) is 48.5 Å². The van der Waals surface area contributed by atoms with Gasteiger partial charge in [-0.2, -0.15) is 5.26 Å². The molecule has 0 aromatic heterocycles. The van der Waals surface area contributed by atoms with E-state index in [-0.39, 0.29) is 0 Å². The minimum atomic E-state index is -0.869. The maximum absolute atomic E-state index is 12.7. The molecular formula is C15H10FN3O2. The van der Waals surface area contributed by atoms with Crippen LogP contribution in [0.25, 0.3) is 0 Å². The van der Waals surface area contributed by atoms with Crippen LogP contribution in [0, 0.1) is 17.1 Å². The third kappa shape index (κ3) is 3.88. The number of rotatable bonds is 2. The van der Waals surface area contributed by atoms with Gasteiger partial charge in [0.2, 0.25) is 0 Å². The van der Waals surface area contributed by atoms with Gasteiger partial charge >= 0.3 is 11.8 Å². The summed E-state index contributed by atoms with van der Waals surface area (Å²) in [5.74, 6) is -2.16. The summed E-state index contributed by atoms with van der Waals surface area (Å²) in [5, 5.41) is 13.4. The summed E-state index contributed by atoms with van der Waals surface area (Å²) in [6, 6.07) is 13.1. The van der Waals surface area contributed by atoms with Gasteiger partial charge in [0.05, 0.1) is 11.6 Å². The molecule has 0 aliphatic heterocycles. The average Bonchev–Trinajstić information content (AvgIpc) is 2.50. The summed E-state index contributed by atoms with van der Waals surface area (Å²) in [6.45, 7) is 0. The van der Waals surface area contributed by atoms with Crippen molar-refractivity contribution in [3.05, 3.63) is 59.9 Å². The first kappa shape index (κ1) is 14.2. The van der Waals surface area contributed by atoms with Gasteiger partial charge in [0.1, 0.15) is 5.82 Å². The standard InChI is InChI=1S/C15H10FN3O2/c16-11-3-7-13(8-4-11)19-15(21)14(20)18-12-5-1-10(9-17)2-6-12/h1-8H,(H,18,20)(H,19,21). The molecule has 5 nitrogen and oxygen atoms in total. The fourth-order valence-electron chi connectivity index (χ4n) is 1.54. The predicted molar refractivity (Wildman–Crippen MR) is 74.8 cm³/mol. The quantitative estimate of drug-likeness (QED) is 0.829. The van der Waals surface area contributed by atoms with Crippen molar-refractivity contribution in [3.63, 3.8) is 0 Å². The van der Waals surface area contributed by atoms with Crippen LogP contribution in [-0.4, -0.2) is 11.8 Å². The van der Waals surface area contributed by atoms with Crippen molar-refractivity contribution in [1.29, 1.82) is 5.26 Å². The lowest BCUT2D eigenvalue weighted by Crippen LogP contribution is -2.29. The van der Waals surface area contributed by atoms with Gasteiger partial charge in [-0.25, -0.2) is 4.39 Å². The summed E-state index contributed by atoms with van der Waals surface area (Å²) in [5.41, 5.74) is 1.16. The van der Waals surface area contributed by atoms with Crippen molar-refractivity contribution in [2.75, 3.05) is 10.6 Å². The molecule has 0 saturated heterocycles. The van der Waals surface area contributed by atoms with Gasteiger partial charge in [-0.1, -0.05) is 0 Å². The van der Waals surface area contributed by atoms with E-state index in [1.54, 1.807) is 0 Å². The molecule has 2 amide bonds. The molecule has 0 radical (unpaired) electrons. The first-order valence-corrected chi connectivity index (χ1v) is 5.96. The number of anilines is 2. The molecule has 21 heavy (non-hydrogen) atoms. The monoisotopic (exact) mass is 283 g/mol. The second-order valence-electron chi connectivity index (χ2n) is 4.10. The second kappa shape index (κ2) is 6.30. The van der Waals surface area contributed by atoms with E-state index in [0.717, 1.165) is 0 Å². The van der Waals surface area contributed by atoms with E-state index >= 15 is 0 Å². The number of amides is 2. The Labute approximate surface area is 120 Å². The summed E-state index contributed by atoms with van der Waals surface area (Å²) >= 11 is 0. The van der Waals surface area contributed by atoms with E-state index in [2.05, 4.69) is 10.6 Å². The normalized spacial score (nSPS) is 9.52. The molecule has 2 aromatic rings. The van der Waals surface area contributed by atoms with Gasteiger partial charge in [-0.15, -0.1) is 0 Å². The van der Waals surface area contributed by atoms with Crippen LogP contribution >= 0.6 is 0 Å². The number of carbonyl (C=O) groups is 2. The van der Waals surface area contributed by atoms with E-state index in [1.807, 2.05) is 6.07 Å². The molecule has 2 aromatic carbocycles. The number of benzene rings is 2. The highest BCUT2D eigenvalue weighted by Crippen LogP contribution is 2.10. The highest BCUT2D eigenvalue weighted by Gasteiger charge is 2.13.